The number of anilines is 2. The van der Waals surface area contributed by atoms with Crippen LogP contribution in [0.4, 0.5) is 11.7 Å². The van der Waals surface area contributed by atoms with Crippen molar-refractivity contribution in [1.82, 2.24) is 10.2 Å². The summed E-state index contributed by atoms with van der Waals surface area (Å²) in [6.07, 6.45) is 0. The van der Waals surface area contributed by atoms with Crippen molar-refractivity contribution in [2.75, 3.05) is 12.4 Å². The molecule has 0 aliphatic heterocycles. The van der Waals surface area contributed by atoms with Crippen LogP contribution in [0.5, 0.6) is 11.5 Å². The summed E-state index contributed by atoms with van der Waals surface area (Å²) in [5.74, 6) is 1.40. The normalized spacial score (nSPS) is 11.3. The lowest BCUT2D eigenvalue weighted by Gasteiger charge is -2.23. The molecular formula is C18H19N3O3. The van der Waals surface area contributed by atoms with Crippen molar-refractivity contribution in [1.29, 1.82) is 0 Å². The number of nitrogens with one attached hydrogen (secondary N) is 1. The van der Waals surface area contributed by atoms with Crippen LogP contribution >= 0.6 is 0 Å². The molecule has 0 fully saturated rings. The lowest BCUT2D eigenvalue weighted by atomic mass is 9.84. The molecule has 0 amide bonds. The summed E-state index contributed by atoms with van der Waals surface area (Å²) < 4.78 is 11.2. The van der Waals surface area contributed by atoms with Gasteiger partial charge in [0.15, 0.2) is 0 Å². The van der Waals surface area contributed by atoms with E-state index in [9.17, 15) is 5.11 Å². The molecule has 1 heterocycles. The summed E-state index contributed by atoms with van der Waals surface area (Å²) in [5, 5.41) is 20.7. The van der Waals surface area contributed by atoms with E-state index in [2.05, 4.69) is 15.5 Å². The van der Waals surface area contributed by atoms with Gasteiger partial charge in [0.25, 0.3) is 0 Å². The molecule has 0 radical (unpaired) electrons. The van der Waals surface area contributed by atoms with Crippen LogP contribution in [0.15, 0.2) is 52.9 Å². The topological polar surface area (TPSA) is 80.4 Å². The van der Waals surface area contributed by atoms with Gasteiger partial charge in [-0.2, -0.15) is 0 Å². The second kappa shape index (κ2) is 6.23. The van der Waals surface area contributed by atoms with Gasteiger partial charge in [0.2, 0.25) is 5.89 Å². The predicted molar refractivity (Wildman–Crippen MR) is 90.8 cm³/mol. The summed E-state index contributed by atoms with van der Waals surface area (Å²) in [4.78, 5) is 0. The van der Waals surface area contributed by atoms with Crippen molar-refractivity contribution in [3.05, 3.63) is 60.0 Å². The molecule has 0 spiro atoms. The Bertz CT molecular complexity index is 843. The molecule has 2 aromatic carbocycles. The number of phenolic OH excluding ortho intramolecular Hbond substituents is 1. The fourth-order valence-corrected chi connectivity index (χ4v) is 2.51. The van der Waals surface area contributed by atoms with Crippen LogP contribution in [0.3, 0.4) is 0 Å². The maximum Gasteiger partial charge on any atom is 0.320 e. The molecule has 0 aliphatic rings. The van der Waals surface area contributed by atoms with Gasteiger partial charge in [0.05, 0.1) is 12.5 Å². The van der Waals surface area contributed by atoms with Gasteiger partial charge in [0, 0.05) is 17.3 Å². The molecule has 0 aliphatic carbocycles. The van der Waals surface area contributed by atoms with Crippen molar-refractivity contribution in [2.45, 2.75) is 19.3 Å². The van der Waals surface area contributed by atoms with Crippen molar-refractivity contribution in [3.63, 3.8) is 0 Å². The number of ether oxygens (including phenoxy) is 1. The zero-order valence-electron chi connectivity index (χ0n) is 13.8. The van der Waals surface area contributed by atoms with Gasteiger partial charge in [-0.05, 0) is 32.0 Å². The Hall–Kier alpha value is -3.02. The number of para-hydroxylation sites is 1. The first kappa shape index (κ1) is 15.9. The van der Waals surface area contributed by atoms with Crippen LogP contribution in [-0.2, 0) is 5.41 Å². The van der Waals surface area contributed by atoms with Crippen molar-refractivity contribution in [3.8, 4) is 11.5 Å². The zero-order chi connectivity index (χ0) is 17.2. The van der Waals surface area contributed by atoms with Crippen LogP contribution < -0.4 is 10.1 Å². The predicted octanol–water partition coefficient (Wildman–Crippen LogP) is 3.85. The number of hydrogen-bond acceptors (Lipinski definition) is 6. The van der Waals surface area contributed by atoms with Crippen molar-refractivity contribution >= 4 is 11.7 Å². The molecule has 24 heavy (non-hydrogen) atoms. The summed E-state index contributed by atoms with van der Waals surface area (Å²) in [7, 11) is 1.64. The first-order chi connectivity index (χ1) is 11.5. The molecule has 0 atom stereocenters. The Morgan fingerprint density at radius 3 is 2.62 bits per heavy atom. The highest BCUT2D eigenvalue weighted by molar-refractivity contribution is 5.54. The monoisotopic (exact) mass is 325 g/mol. The highest BCUT2D eigenvalue weighted by Crippen LogP contribution is 2.37. The van der Waals surface area contributed by atoms with Crippen molar-refractivity contribution < 1.29 is 14.3 Å². The lowest BCUT2D eigenvalue weighted by molar-refractivity contribution is 0.378. The highest BCUT2D eigenvalue weighted by atomic mass is 16.5. The molecule has 6 heteroatoms. The first-order valence-corrected chi connectivity index (χ1v) is 7.54. The molecule has 3 aromatic rings. The molecule has 1 aromatic heterocycles. The summed E-state index contributed by atoms with van der Waals surface area (Å²) in [5.41, 5.74) is 1.11. The van der Waals surface area contributed by atoms with Gasteiger partial charge in [-0.1, -0.05) is 29.4 Å². The Morgan fingerprint density at radius 2 is 1.88 bits per heavy atom. The van der Waals surface area contributed by atoms with E-state index in [4.69, 9.17) is 9.15 Å². The highest BCUT2D eigenvalue weighted by Gasteiger charge is 2.32. The summed E-state index contributed by atoms with van der Waals surface area (Å²) in [6.45, 7) is 3.99. The fourth-order valence-electron chi connectivity index (χ4n) is 2.51. The van der Waals surface area contributed by atoms with E-state index in [-0.39, 0.29) is 11.8 Å². The first-order valence-electron chi connectivity index (χ1n) is 7.54. The van der Waals surface area contributed by atoms with Crippen LogP contribution in [0.25, 0.3) is 0 Å². The summed E-state index contributed by atoms with van der Waals surface area (Å²) in [6, 6.07) is 14.7. The van der Waals surface area contributed by atoms with Crippen LogP contribution in [0.1, 0.15) is 25.3 Å². The van der Waals surface area contributed by atoms with E-state index in [0.717, 1.165) is 11.3 Å². The van der Waals surface area contributed by atoms with Crippen LogP contribution in [0.2, 0.25) is 0 Å². The molecular weight excluding hydrogens is 306 g/mol. The second-order valence-electron chi connectivity index (χ2n) is 5.91. The minimum atomic E-state index is -0.516. The van der Waals surface area contributed by atoms with Crippen LogP contribution in [-0.4, -0.2) is 22.4 Å². The third-order valence-electron chi connectivity index (χ3n) is 3.84. The average Bonchev–Trinajstić information content (AvgIpc) is 3.04. The van der Waals surface area contributed by atoms with Crippen molar-refractivity contribution in [2.24, 2.45) is 0 Å². The molecule has 6 nitrogen and oxygen atoms in total. The molecule has 0 saturated heterocycles. The largest absolute Gasteiger partial charge is 0.508 e. The molecule has 0 bridgehead atoms. The SMILES string of the molecule is COc1ccccc1C(C)(C)c1nnc(Nc2cccc(O)c2)o1. The number of methoxy groups -OCH3 is 1. The quantitative estimate of drug-likeness (QED) is 0.741. The van der Waals surface area contributed by atoms with Gasteiger partial charge in [-0.25, -0.2) is 0 Å². The standard InChI is InChI=1S/C18H19N3O3/c1-18(2,14-9-4-5-10-15(14)23-3)16-20-21-17(24-16)19-12-7-6-8-13(22)11-12/h4-11,22H,1-3H3,(H,19,21). The Labute approximate surface area is 140 Å². The second-order valence-corrected chi connectivity index (χ2v) is 5.91. The lowest BCUT2D eigenvalue weighted by Crippen LogP contribution is -2.20. The van der Waals surface area contributed by atoms with E-state index in [1.54, 1.807) is 31.4 Å². The van der Waals surface area contributed by atoms with Gasteiger partial charge in [-0.15, -0.1) is 5.10 Å². The van der Waals surface area contributed by atoms with E-state index in [0.29, 0.717) is 11.6 Å². The van der Waals surface area contributed by atoms with Gasteiger partial charge in [-0.3, -0.25) is 0 Å². The number of hydrogen-bond donors (Lipinski definition) is 2. The number of nitrogens with zero attached hydrogens (tertiary/aromatic N) is 2. The minimum absolute atomic E-state index is 0.161. The maximum absolute atomic E-state index is 9.51. The molecule has 2 N–H and O–H groups in total. The smallest absolute Gasteiger partial charge is 0.320 e. The molecule has 0 saturated carbocycles. The molecule has 3 rings (SSSR count). The van der Waals surface area contributed by atoms with E-state index >= 15 is 0 Å². The number of aromatic hydroxyl groups is 1. The van der Waals surface area contributed by atoms with E-state index < -0.39 is 5.41 Å². The number of rotatable bonds is 5. The minimum Gasteiger partial charge on any atom is -0.508 e. The van der Waals surface area contributed by atoms with E-state index in [1.807, 2.05) is 38.1 Å². The third-order valence-corrected chi connectivity index (χ3v) is 3.84. The van der Waals surface area contributed by atoms with Gasteiger partial charge < -0.3 is 19.6 Å². The Kier molecular flexibility index (Phi) is 4.12. The third kappa shape index (κ3) is 3.03. The van der Waals surface area contributed by atoms with Gasteiger partial charge in [0.1, 0.15) is 11.5 Å². The fraction of sp³-hybridized carbons (Fsp3) is 0.222. The molecule has 124 valence electrons. The number of benzene rings is 2. The number of phenols is 1. The molecule has 0 unspecified atom stereocenters. The number of aromatic nitrogens is 2. The zero-order valence-corrected chi connectivity index (χ0v) is 13.8. The van der Waals surface area contributed by atoms with Gasteiger partial charge >= 0.3 is 6.01 Å². The summed E-state index contributed by atoms with van der Waals surface area (Å²) >= 11 is 0. The van der Waals surface area contributed by atoms with Crippen LogP contribution in [0, 0.1) is 0 Å². The maximum atomic E-state index is 9.51. The van der Waals surface area contributed by atoms with E-state index in [1.165, 1.54) is 0 Å². The Balaban J connectivity index is 1.89. The Morgan fingerprint density at radius 1 is 1.08 bits per heavy atom. The average molecular weight is 325 g/mol.